The zero-order chi connectivity index (χ0) is 19.8. The number of benzene rings is 1. The molecule has 8 nitrogen and oxygen atoms in total. The first-order valence-electron chi connectivity index (χ1n) is 8.63. The Kier molecular flexibility index (Phi) is 7.10. The molecule has 0 fully saturated rings. The number of methoxy groups -OCH3 is 1. The third-order valence-corrected chi connectivity index (χ3v) is 3.83. The Hall–Kier alpha value is -3.16. The smallest absolute Gasteiger partial charge is 0.359 e. The second-order valence-electron chi connectivity index (χ2n) is 5.89. The van der Waals surface area contributed by atoms with Crippen LogP contribution in [0.4, 0.5) is 0 Å². The molecule has 0 saturated carbocycles. The molecule has 8 heteroatoms. The molecule has 1 amide bonds. The highest BCUT2D eigenvalue weighted by Crippen LogP contribution is 2.24. The van der Waals surface area contributed by atoms with E-state index >= 15 is 0 Å². The summed E-state index contributed by atoms with van der Waals surface area (Å²) < 4.78 is 11.5. The Balaban J connectivity index is 1.94. The third-order valence-electron chi connectivity index (χ3n) is 3.83. The van der Waals surface area contributed by atoms with E-state index in [1.807, 2.05) is 25.1 Å². The van der Waals surface area contributed by atoms with Gasteiger partial charge in [0.15, 0.2) is 12.3 Å². The normalized spacial score (nSPS) is 11.5. The first-order valence-corrected chi connectivity index (χ1v) is 8.63. The number of rotatable bonds is 8. The van der Waals surface area contributed by atoms with Crippen molar-refractivity contribution < 1.29 is 19.1 Å². The number of aryl methyl sites for hydroxylation is 1. The molecule has 27 heavy (non-hydrogen) atoms. The molecule has 1 atom stereocenters. The number of amides is 1. The molecule has 0 aliphatic carbocycles. The van der Waals surface area contributed by atoms with Gasteiger partial charge in [-0.2, -0.15) is 5.10 Å². The lowest BCUT2D eigenvalue weighted by molar-refractivity contribution is -0.124. The number of nitrogens with one attached hydrogen (secondary N) is 1. The summed E-state index contributed by atoms with van der Waals surface area (Å²) in [5, 5.41) is 6.70. The molecule has 1 N–H and O–H groups in total. The van der Waals surface area contributed by atoms with Gasteiger partial charge < -0.3 is 14.8 Å². The molecule has 0 aliphatic heterocycles. The Morgan fingerprint density at radius 2 is 1.96 bits per heavy atom. The van der Waals surface area contributed by atoms with Crippen LogP contribution in [0.5, 0.6) is 5.75 Å². The van der Waals surface area contributed by atoms with E-state index in [2.05, 4.69) is 10.4 Å². The lowest BCUT2D eigenvalue weighted by atomic mass is 10.1. The van der Waals surface area contributed by atoms with Gasteiger partial charge >= 0.3 is 5.97 Å². The van der Waals surface area contributed by atoms with E-state index in [1.165, 1.54) is 16.8 Å². The molecular formula is C19H23N3O5. The Morgan fingerprint density at radius 3 is 2.67 bits per heavy atom. The topological polar surface area (TPSA) is 99.5 Å². The van der Waals surface area contributed by atoms with Gasteiger partial charge in [0.05, 0.1) is 13.2 Å². The average Bonchev–Trinajstić information content (AvgIpc) is 2.67. The molecule has 0 spiro atoms. The fourth-order valence-electron chi connectivity index (χ4n) is 2.52. The summed E-state index contributed by atoms with van der Waals surface area (Å²) in [4.78, 5) is 35.8. The van der Waals surface area contributed by atoms with Crippen molar-refractivity contribution in [1.82, 2.24) is 15.1 Å². The van der Waals surface area contributed by atoms with E-state index in [1.54, 1.807) is 20.1 Å². The van der Waals surface area contributed by atoms with Crippen molar-refractivity contribution in [3.63, 3.8) is 0 Å². The number of aromatic nitrogens is 2. The third kappa shape index (κ3) is 5.40. The maximum Gasteiger partial charge on any atom is 0.359 e. The molecule has 144 valence electrons. The van der Waals surface area contributed by atoms with Gasteiger partial charge in [-0.05, 0) is 25.5 Å². The van der Waals surface area contributed by atoms with Crippen molar-refractivity contribution in [2.45, 2.75) is 32.9 Å². The van der Waals surface area contributed by atoms with Crippen LogP contribution < -0.4 is 15.6 Å². The van der Waals surface area contributed by atoms with Crippen LogP contribution >= 0.6 is 0 Å². The molecule has 2 rings (SSSR count). The number of hydrogen-bond donors (Lipinski definition) is 1. The minimum absolute atomic E-state index is 0.0198. The van der Waals surface area contributed by atoms with E-state index in [0.29, 0.717) is 18.7 Å². The highest BCUT2D eigenvalue weighted by molar-refractivity contribution is 5.89. The first kappa shape index (κ1) is 20.2. The van der Waals surface area contributed by atoms with Gasteiger partial charge in [-0.15, -0.1) is 0 Å². The van der Waals surface area contributed by atoms with Crippen LogP contribution in [0.15, 0.2) is 41.2 Å². The number of carbonyl (C=O) groups is 2. The van der Waals surface area contributed by atoms with Crippen molar-refractivity contribution in [3.05, 3.63) is 58.0 Å². The van der Waals surface area contributed by atoms with E-state index in [9.17, 15) is 14.4 Å². The van der Waals surface area contributed by atoms with Gasteiger partial charge in [0, 0.05) is 18.2 Å². The minimum Gasteiger partial charge on any atom is -0.496 e. The van der Waals surface area contributed by atoms with Gasteiger partial charge in [0.1, 0.15) is 5.75 Å². The van der Waals surface area contributed by atoms with Crippen molar-refractivity contribution in [1.29, 1.82) is 0 Å². The number of esters is 1. The largest absolute Gasteiger partial charge is 0.496 e. The molecule has 1 aromatic heterocycles. The summed E-state index contributed by atoms with van der Waals surface area (Å²) in [7, 11) is 1.56. The highest BCUT2D eigenvalue weighted by Gasteiger charge is 2.16. The summed E-state index contributed by atoms with van der Waals surface area (Å²) >= 11 is 0. The van der Waals surface area contributed by atoms with Gasteiger partial charge in [0.25, 0.3) is 11.5 Å². The summed E-state index contributed by atoms with van der Waals surface area (Å²) in [6.07, 6.45) is 0.703. The number of ether oxygens (including phenoxy) is 2. The lowest BCUT2D eigenvalue weighted by Gasteiger charge is -2.17. The maximum atomic E-state index is 12.1. The number of hydrogen-bond acceptors (Lipinski definition) is 6. The number of nitrogens with zero attached hydrogens (tertiary/aromatic N) is 2. The van der Waals surface area contributed by atoms with Crippen LogP contribution in [-0.2, 0) is 16.1 Å². The average molecular weight is 373 g/mol. The summed E-state index contributed by atoms with van der Waals surface area (Å²) in [6, 6.07) is 9.54. The van der Waals surface area contributed by atoms with E-state index in [0.717, 1.165) is 5.56 Å². The second kappa shape index (κ2) is 9.51. The van der Waals surface area contributed by atoms with Crippen molar-refractivity contribution >= 4 is 11.9 Å². The summed E-state index contributed by atoms with van der Waals surface area (Å²) in [6.45, 7) is 3.65. The summed E-state index contributed by atoms with van der Waals surface area (Å²) in [5.41, 5.74) is 0.499. The molecule has 0 saturated heterocycles. The number of para-hydroxylation sites is 1. The van der Waals surface area contributed by atoms with Crippen LogP contribution in [0.3, 0.4) is 0 Å². The minimum atomic E-state index is -0.764. The Morgan fingerprint density at radius 1 is 1.22 bits per heavy atom. The van der Waals surface area contributed by atoms with E-state index < -0.39 is 18.5 Å². The Bertz CT molecular complexity index is 862. The molecule has 0 radical (unpaired) electrons. The van der Waals surface area contributed by atoms with E-state index in [-0.39, 0.29) is 17.3 Å². The number of carbonyl (C=O) groups excluding carboxylic acids is 2. The quantitative estimate of drug-likeness (QED) is 0.707. The SMILES string of the molecule is CCCn1nc(C(=O)OCC(=O)NC(C)c2ccccc2OC)ccc1=O. The molecule has 2 aromatic rings. The van der Waals surface area contributed by atoms with Crippen LogP contribution in [0, 0.1) is 0 Å². The van der Waals surface area contributed by atoms with Crippen molar-refractivity contribution in [3.8, 4) is 5.75 Å². The fraction of sp³-hybridized carbons (Fsp3) is 0.368. The fourth-order valence-corrected chi connectivity index (χ4v) is 2.52. The first-order chi connectivity index (χ1) is 13.0. The van der Waals surface area contributed by atoms with Crippen LogP contribution in [-0.4, -0.2) is 35.4 Å². The van der Waals surface area contributed by atoms with Crippen molar-refractivity contribution in [2.24, 2.45) is 0 Å². The maximum absolute atomic E-state index is 12.1. The molecule has 0 aliphatic rings. The van der Waals surface area contributed by atoms with Crippen LogP contribution in [0.25, 0.3) is 0 Å². The molecule has 0 bridgehead atoms. The van der Waals surface area contributed by atoms with Gasteiger partial charge in [-0.3, -0.25) is 9.59 Å². The predicted octanol–water partition coefficient (Wildman–Crippen LogP) is 1.70. The zero-order valence-electron chi connectivity index (χ0n) is 15.6. The molecule has 1 aromatic carbocycles. The zero-order valence-corrected chi connectivity index (χ0v) is 15.6. The molecule has 1 unspecified atom stereocenters. The molecule has 1 heterocycles. The van der Waals surface area contributed by atoms with Gasteiger partial charge in [-0.25, -0.2) is 9.48 Å². The predicted molar refractivity (Wildman–Crippen MR) is 98.6 cm³/mol. The van der Waals surface area contributed by atoms with Crippen molar-refractivity contribution in [2.75, 3.05) is 13.7 Å². The monoisotopic (exact) mass is 373 g/mol. The van der Waals surface area contributed by atoms with E-state index in [4.69, 9.17) is 9.47 Å². The second-order valence-corrected chi connectivity index (χ2v) is 5.89. The molecular weight excluding hydrogens is 350 g/mol. The van der Waals surface area contributed by atoms with Crippen LogP contribution in [0.2, 0.25) is 0 Å². The van der Waals surface area contributed by atoms with Gasteiger partial charge in [0.2, 0.25) is 0 Å². The summed E-state index contributed by atoms with van der Waals surface area (Å²) in [5.74, 6) is -0.562. The Labute approximate surface area is 157 Å². The standard InChI is InChI=1S/C19H23N3O5/c1-4-11-22-18(24)10-9-15(21-22)19(25)27-12-17(23)20-13(2)14-7-5-6-8-16(14)26-3/h5-10,13H,4,11-12H2,1-3H3,(H,20,23). The van der Waals surface area contributed by atoms with Crippen LogP contribution in [0.1, 0.15) is 42.4 Å². The highest BCUT2D eigenvalue weighted by atomic mass is 16.5. The van der Waals surface area contributed by atoms with Gasteiger partial charge in [-0.1, -0.05) is 25.1 Å². The lowest BCUT2D eigenvalue weighted by Crippen LogP contribution is -2.32.